The Morgan fingerprint density at radius 1 is 1.00 bits per heavy atom. The van der Waals surface area contributed by atoms with Crippen LogP contribution < -0.4 is 5.32 Å². The van der Waals surface area contributed by atoms with Crippen molar-refractivity contribution in [1.82, 2.24) is 10.2 Å². The number of rotatable bonds is 5. The Labute approximate surface area is 167 Å². The fourth-order valence-corrected chi connectivity index (χ4v) is 3.36. The van der Waals surface area contributed by atoms with Gasteiger partial charge in [0.2, 0.25) is 0 Å². The van der Waals surface area contributed by atoms with Gasteiger partial charge in [-0.05, 0) is 80.1 Å². The molecule has 0 aromatic heterocycles. The molecule has 1 atom stereocenters. The van der Waals surface area contributed by atoms with Crippen LogP contribution in [0.3, 0.4) is 0 Å². The van der Waals surface area contributed by atoms with E-state index in [-0.39, 0.29) is 18.4 Å². The summed E-state index contributed by atoms with van der Waals surface area (Å²) in [5, 5.41) is 11.7. The standard InChI is InChI=1S/C20H36N2O6/c1-13(21-17(25)27-19(2,3)4)22(18(26)28-20(5,6)7)15-10-8-14(9-11-15)12-16(23)24/h13-15H,8-12H2,1-7H3,(H,21,25)(H,23,24). The number of carboxylic acid groups (broad SMARTS) is 1. The van der Waals surface area contributed by atoms with Gasteiger partial charge in [0, 0.05) is 12.5 Å². The van der Waals surface area contributed by atoms with Gasteiger partial charge in [-0.1, -0.05) is 0 Å². The highest BCUT2D eigenvalue weighted by atomic mass is 16.6. The highest BCUT2D eigenvalue weighted by molar-refractivity contribution is 5.72. The minimum absolute atomic E-state index is 0.114. The van der Waals surface area contributed by atoms with Gasteiger partial charge in [0.1, 0.15) is 17.4 Å². The number of aliphatic carboxylic acids is 1. The van der Waals surface area contributed by atoms with E-state index in [4.69, 9.17) is 14.6 Å². The molecule has 2 N–H and O–H groups in total. The first-order chi connectivity index (χ1) is 12.7. The maximum absolute atomic E-state index is 12.8. The molecule has 1 unspecified atom stereocenters. The molecule has 1 rings (SSSR count). The second-order valence-corrected chi connectivity index (χ2v) is 9.48. The highest BCUT2D eigenvalue weighted by Gasteiger charge is 2.36. The van der Waals surface area contributed by atoms with E-state index in [0.29, 0.717) is 12.8 Å². The van der Waals surface area contributed by atoms with E-state index in [1.54, 1.807) is 53.4 Å². The number of carbonyl (C=O) groups is 3. The molecular weight excluding hydrogens is 364 g/mol. The molecule has 0 aromatic carbocycles. The average Bonchev–Trinajstić information content (AvgIpc) is 2.44. The minimum Gasteiger partial charge on any atom is -0.481 e. The number of carboxylic acids is 1. The second kappa shape index (κ2) is 9.47. The zero-order chi connectivity index (χ0) is 21.7. The monoisotopic (exact) mass is 400 g/mol. The predicted molar refractivity (Wildman–Crippen MR) is 105 cm³/mol. The van der Waals surface area contributed by atoms with Crippen molar-refractivity contribution in [3.63, 3.8) is 0 Å². The van der Waals surface area contributed by atoms with Crippen molar-refractivity contribution in [2.24, 2.45) is 5.92 Å². The lowest BCUT2D eigenvalue weighted by Gasteiger charge is -2.40. The molecule has 0 spiro atoms. The van der Waals surface area contributed by atoms with Gasteiger partial charge in [-0.15, -0.1) is 0 Å². The van der Waals surface area contributed by atoms with Crippen molar-refractivity contribution in [3.8, 4) is 0 Å². The third-order valence-electron chi connectivity index (χ3n) is 4.42. The Morgan fingerprint density at radius 2 is 1.50 bits per heavy atom. The van der Waals surface area contributed by atoms with Crippen LogP contribution in [0.2, 0.25) is 0 Å². The van der Waals surface area contributed by atoms with Gasteiger partial charge in [0.15, 0.2) is 0 Å². The van der Waals surface area contributed by atoms with Gasteiger partial charge in [0.05, 0.1) is 0 Å². The number of nitrogens with one attached hydrogen (secondary N) is 1. The molecule has 1 fully saturated rings. The molecule has 8 nitrogen and oxygen atoms in total. The van der Waals surface area contributed by atoms with Crippen molar-refractivity contribution >= 4 is 18.2 Å². The molecule has 8 heteroatoms. The largest absolute Gasteiger partial charge is 0.481 e. The van der Waals surface area contributed by atoms with Gasteiger partial charge >= 0.3 is 18.2 Å². The summed E-state index contributed by atoms with van der Waals surface area (Å²) in [5.41, 5.74) is -1.31. The summed E-state index contributed by atoms with van der Waals surface area (Å²) in [5.74, 6) is -0.684. The third-order valence-corrected chi connectivity index (χ3v) is 4.42. The number of alkyl carbamates (subject to hydrolysis) is 1. The molecule has 1 aliphatic rings. The number of ether oxygens (including phenoxy) is 2. The maximum Gasteiger partial charge on any atom is 0.412 e. The number of hydrogen-bond acceptors (Lipinski definition) is 5. The van der Waals surface area contributed by atoms with E-state index in [9.17, 15) is 14.4 Å². The van der Waals surface area contributed by atoms with Crippen LogP contribution in [0, 0.1) is 5.92 Å². The smallest absolute Gasteiger partial charge is 0.412 e. The summed E-state index contributed by atoms with van der Waals surface area (Å²) in [7, 11) is 0. The summed E-state index contributed by atoms with van der Waals surface area (Å²) >= 11 is 0. The van der Waals surface area contributed by atoms with Gasteiger partial charge in [-0.25, -0.2) is 9.59 Å². The molecule has 1 aliphatic carbocycles. The van der Waals surface area contributed by atoms with E-state index in [1.165, 1.54) is 0 Å². The molecular formula is C20H36N2O6. The first kappa shape index (κ1) is 24.0. The first-order valence-corrected chi connectivity index (χ1v) is 9.90. The summed E-state index contributed by atoms with van der Waals surface area (Å²) in [4.78, 5) is 37.5. The fraction of sp³-hybridized carbons (Fsp3) is 0.850. The Bertz CT molecular complexity index is 556. The maximum atomic E-state index is 12.8. The zero-order valence-corrected chi connectivity index (χ0v) is 18.2. The van der Waals surface area contributed by atoms with Gasteiger partial charge in [-0.2, -0.15) is 0 Å². The van der Waals surface area contributed by atoms with Gasteiger partial charge in [0.25, 0.3) is 0 Å². The minimum atomic E-state index is -0.799. The zero-order valence-electron chi connectivity index (χ0n) is 18.2. The number of carbonyl (C=O) groups excluding carboxylic acids is 2. The molecule has 0 heterocycles. The number of amides is 2. The lowest BCUT2D eigenvalue weighted by atomic mass is 9.83. The molecule has 0 bridgehead atoms. The van der Waals surface area contributed by atoms with E-state index in [2.05, 4.69) is 5.32 Å². The fourth-order valence-electron chi connectivity index (χ4n) is 3.36. The lowest BCUT2D eigenvalue weighted by Crippen LogP contribution is -2.56. The van der Waals surface area contributed by atoms with Crippen LogP contribution >= 0.6 is 0 Å². The molecule has 0 aliphatic heterocycles. The molecule has 28 heavy (non-hydrogen) atoms. The van der Waals surface area contributed by atoms with Crippen molar-refractivity contribution in [3.05, 3.63) is 0 Å². The van der Waals surface area contributed by atoms with Crippen LogP contribution in [-0.4, -0.2) is 51.6 Å². The first-order valence-electron chi connectivity index (χ1n) is 9.90. The van der Waals surface area contributed by atoms with Crippen LogP contribution in [0.25, 0.3) is 0 Å². The van der Waals surface area contributed by atoms with Gasteiger partial charge < -0.3 is 19.9 Å². The normalized spacial score (nSPS) is 21.4. The predicted octanol–water partition coefficient (Wildman–Crippen LogP) is 4.13. The Hall–Kier alpha value is -1.99. The molecule has 2 amide bonds. The van der Waals surface area contributed by atoms with E-state index >= 15 is 0 Å². The Kier molecular flexibility index (Phi) is 8.14. The SMILES string of the molecule is CC(NC(=O)OC(C)(C)C)N(C(=O)OC(C)(C)C)C1CCC(CC(=O)O)CC1. The lowest BCUT2D eigenvalue weighted by molar-refractivity contribution is -0.138. The second-order valence-electron chi connectivity index (χ2n) is 9.48. The number of nitrogens with zero attached hydrogens (tertiary/aromatic N) is 1. The molecule has 0 aromatic rings. The Balaban J connectivity index is 2.86. The molecule has 0 saturated heterocycles. The summed E-state index contributed by atoms with van der Waals surface area (Å²) in [6.45, 7) is 12.4. The van der Waals surface area contributed by atoms with Crippen LogP contribution in [0.5, 0.6) is 0 Å². The molecule has 162 valence electrons. The quantitative estimate of drug-likeness (QED) is 0.672. The van der Waals surface area contributed by atoms with Crippen molar-refractivity contribution < 1.29 is 29.0 Å². The van der Waals surface area contributed by atoms with E-state index in [0.717, 1.165) is 12.8 Å². The van der Waals surface area contributed by atoms with Crippen LogP contribution in [0.1, 0.15) is 80.6 Å². The van der Waals surface area contributed by atoms with E-state index < -0.39 is 35.5 Å². The summed E-state index contributed by atoms with van der Waals surface area (Å²) < 4.78 is 10.8. The third kappa shape index (κ3) is 8.80. The molecule has 0 radical (unpaired) electrons. The Morgan fingerprint density at radius 3 is 1.93 bits per heavy atom. The van der Waals surface area contributed by atoms with Crippen molar-refractivity contribution in [2.45, 2.75) is 104 Å². The van der Waals surface area contributed by atoms with Crippen molar-refractivity contribution in [2.75, 3.05) is 0 Å². The van der Waals surface area contributed by atoms with Crippen LogP contribution in [-0.2, 0) is 14.3 Å². The highest BCUT2D eigenvalue weighted by Crippen LogP contribution is 2.31. The number of hydrogen-bond donors (Lipinski definition) is 2. The average molecular weight is 401 g/mol. The van der Waals surface area contributed by atoms with E-state index in [1.807, 2.05) is 0 Å². The topological polar surface area (TPSA) is 105 Å². The van der Waals surface area contributed by atoms with Crippen LogP contribution in [0.4, 0.5) is 9.59 Å². The molecule has 1 saturated carbocycles. The van der Waals surface area contributed by atoms with Crippen LogP contribution in [0.15, 0.2) is 0 Å². The van der Waals surface area contributed by atoms with Gasteiger partial charge in [-0.3, -0.25) is 9.69 Å². The van der Waals surface area contributed by atoms with Crippen molar-refractivity contribution in [1.29, 1.82) is 0 Å². The summed E-state index contributed by atoms with van der Waals surface area (Å²) in [6, 6.07) is -0.134. The summed E-state index contributed by atoms with van der Waals surface area (Å²) in [6.07, 6.45) is 1.18.